The molecule has 1 aromatic heterocycles. The van der Waals surface area contributed by atoms with Gasteiger partial charge in [-0.05, 0) is 60.5 Å². The molecule has 9 heteroatoms. The van der Waals surface area contributed by atoms with Crippen molar-refractivity contribution in [2.75, 3.05) is 4.90 Å². The third-order valence-corrected chi connectivity index (χ3v) is 5.69. The lowest BCUT2D eigenvalue weighted by molar-refractivity contribution is -0.138. The van der Waals surface area contributed by atoms with E-state index in [0.29, 0.717) is 11.1 Å². The van der Waals surface area contributed by atoms with Crippen molar-refractivity contribution in [3.63, 3.8) is 0 Å². The Balaban J connectivity index is 1.68. The standard InChI is InChI=1S/C25H21F6N3/c1-16-22-13-21(11-12-23(22)33(2)32-16)34(14-17-3-7-19(8-4-17)24(26,27)28)15-18-5-9-20(10-6-18)25(29,30)31/h3-13H,14-15H2,1-2H3. The van der Waals surface area contributed by atoms with Crippen LogP contribution >= 0.6 is 0 Å². The molecule has 4 aromatic rings. The first kappa shape index (κ1) is 23.7. The SMILES string of the molecule is Cc1nn(C)c2ccc(N(Cc3ccc(C(F)(F)F)cc3)Cc3ccc(C(F)(F)F)cc3)cc12. The van der Waals surface area contributed by atoms with Crippen LogP contribution in [-0.2, 0) is 32.5 Å². The number of aryl methyl sites for hydroxylation is 2. The van der Waals surface area contributed by atoms with Gasteiger partial charge in [0.2, 0.25) is 0 Å². The predicted molar refractivity (Wildman–Crippen MR) is 118 cm³/mol. The summed E-state index contributed by atoms with van der Waals surface area (Å²) in [5, 5.41) is 5.33. The van der Waals surface area contributed by atoms with Crippen LogP contribution in [0.3, 0.4) is 0 Å². The average molecular weight is 477 g/mol. The third-order valence-electron chi connectivity index (χ3n) is 5.69. The zero-order valence-corrected chi connectivity index (χ0v) is 18.4. The van der Waals surface area contributed by atoms with E-state index in [1.54, 1.807) is 4.68 Å². The molecule has 0 amide bonds. The van der Waals surface area contributed by atoms with Crippen molar-refractivity contribution in [1.82, 2.24) is 9.78 Å². The molecule has 34 heavy (non-hydrogen) atoms. The molecule has 0 aliphatic rings. The normalized spacial score (nSPS) is 12.4. The molecule has 178 valence electrons. The highest BCUT2D eigenvalue weighted by Crippen LogP contribution is 2.32. The van der Waals surface area contributed by atoms with Crippen LogP contribution < -0.4 is 4.90 Å². The lowest BCUT2D eigenvalue weighted by Gasteiger charge is -2.26. The van der Waals surface area contributed by atoms with Crippen LogP contribution in [0.1, 0.15) is 27.9 Å². The van der Waals surface area contributed by atoms with Gasteiger partial charge in [0, 0.05) is 31.2 Å². The molecule has 0 radical (unpaired) electrons. The van der Waals surface area contributed by atoms with Gasteiger partial charge in [-0.25, -0.2) is 0 Å². The van der Waals surface area contributed by atoms with Crippen LogP contribution in [0.2, 0.25) is 0 Å². The second kappa shape index (κ2) is 8.70. The molecule has 0 N–H and O–H groups in total. The van der Waals surface area contributed by atoms with Gasteiger partial charge in [-0.3, -0.25) is 4.68 Å². The minimum Gasteiger partial charge on any atom is -0.363 e. The van der Waals surface area contributed by atoms with E-state index < -0.39 is 23.5 Å². The summed E-state index contributed by atoms with van der Waals surface area (Å²) >= 11 is 0. The quantitative estimate of drug-likeness (QED) is 0.285. The average Bonchev–Trinajstić information content (AvgIpc) is 3.06. The zero-order chi connectivity index (χ0) is 24.7. The third kappa shape index (κ3) is 5.03. The molecule has 0 saturated heterocycles. The molecule has 0 aliphatic heterocycles. The van der Waals surface area contributed by atoms with E-state index in [1.165, 1.54) is 24.3 Å². The van der Waals surface area contributed by atoms with Gasteiger partial charge in [-0.15, -0.1) is 0 Å². The molecule has 0 aliphatic carbocycles. The van der Waals surface area contributed by atoms with Crippen LogP contribution in [0.4, 0.5) is 32.0 Å². The number of fused-ring (bicyclic) bond motifs is 1. The van der Waals surface area contributed by atoms with Gasteiger partial charge in [-0.1, -0.05) is 24.3 Å². The van der Waals surface area contributed by atoms with Gasteiger partial charge in [0.25, 0.3) is 0 Å². The molecule has 3 nitrogen and oxygen atoms in total. The van der Waals surface area contributed by atoms with E-state index in [9.17, 15) is 26.3 Å². The summed E-state index contributed by atoms with van der Waals surface area (Å²) in [4.78, 5) is 1.91. The Labute approximate surface area is 192 Å². The van der Waals surface area contributed by atoms with Gasteiger partial charge < -0.3 is 4.90 Å². The van der Waals surface area contributed by atoms with Crippen LogP contribution in [0.25, 0.3) is 10.9 Å². The van der Waals surface area contributed by atoms with Crippen molar-refractivity contribution >= 4 is 16.6 Å². The first-order valence-corrected chi connectivity index (χ1v) is 10.4. The molecule has 3 aromatic carbocycles. The lowest BCUT2D eigenvalue weighted by atomic mass is 10.1. The summed E-state index contributed by atoms with van der Waals surface area (Å²) in [5.41, 5.74) is 2.33. The van der Waals surface area contributed by atoms with E-state index >= 15 is 0 Å². The van der Waals surface area contributed by atoms with Crippen LogP contribution in [0.15, 0.2) is 66.7 Å². The predicted octanol–water partition coefficient (Wildman–Crippen LogP) is 7.13. The summed E-state index contributed by atoms with van der Waals surface area (Å²) in [7, 11) is 1.83. The van der Waals surface area contributed by atoms with E-state index in [-0.39, 0.29) is 13.1 Å². The Bertz CT molecular complexity index is 1230. The maximum absolute atomic E-state index is 12.9. The van der Waals surface area contributed by atoms with E-state index in [4.69, 9.17) is 0 Å². The molecule has 0 bridgehead atoms. The number of aromatic nitrogens is 2. The van der Waals surface area contributed by atoms with Crippen molar-refractivity contribution < 1.29 is 26.3 Å². The van der Waals surface area contributed by atoms with Gasteiger partial charge in [0.05, 0.1) is 22.3 Å². The Morgan fingerprint density at radius 1 is 0.735 bits per heavy atom. The molecule has 0 spiro atoms. The maximum Gasteiger partial charge on any atom is 0.416 e. The van der Waals surface area contributed by atoms with Crippen molar-refractivity contribution in [2.45, 2.75) is 32.4 Å². The van der Waals surface area contributed by atoms with Crippen molar-refractivity contribution in [2.24, 2.45) is 7.05 Å². The van der Waals surface area contributed by atoms with Crippen molar-refractivity contribution in [3.05, 3.63) is 94.7 Å². The van der Waals surface area contributed by atoms with Crippen molar-refractivity contribution in [1.29, 1.82) is 0 Å². The van der Waals surface area contributed by atoms with Gasteiger partial charge in [0.1, 0.15) is 0 Å². The lowest BCUT2D eigenvalue weighted by Crippen LogP contribution is -2.22. The van der Waals surface area contributed by atoms with E-state index in [0.717, 1.165) is 46.5 Å². The van der Waals surface area contributed by atoms with Gasteiger partial charge in [0.15, 0.2) is 0 Å². The Morgan fingerprint density at radius 2 is 1.21 bits per heavy atom. The summed E-state index contributed by atoms with van der Waals surface area (Å²) in [6, 6.07) is 15.5. The van der Waals surface area contributed by atoms with Gasteiger partial charge in [-0.2, -0.15) is 31.4 Å². The Kier molecular flexibility index (Phi) is 6.05. The van der Waals surface area contributed by atoms with Crippen LogP contribution in [-0.4, -0.2) is 9.78 Å². The minimum atomic E-state index is -4.43. The number of nitrogens with zero attached hydrogens (tertiary/aromatic N) is 3. The van der Waals surface area contributed by atoms with Crippen LogP contribution in [0.5, 0.6) is 0 Å². The first-order chi connectivity index (χ1) is 15.9. The number of hydrogen-bond donors (Lipinski definition) is 0. The van der Waals surface area contributed by atoms with Crippen LogP contribution in [0, 0.1) is 6.92 Å². The monoisotopic (exact) mass is 477 g/mol. The molecule has 1 heterocycles. The summed E-state index contributed by atoms with van der Waals surface area (Å²) in [5.74, 6) is 0. The number of alkyl halides is 6. The second-order valence-corrected chi connectivity index (χ2v) is 8.16. The fourth-order valence-corrected chi connectivity index (χ4v) is 3.90. The Hall–Kier alpha value is -3.49. The fourth-order valence-electron chi connectivity index (χ4n) is 3.90. The van der Waals surface area contributed by atoms with E-state index in [2.05, 4.69) is 5.10 Å². The Morgan fingerprint density at radius 3 is 1.65 bits per heavy atom. The smallest absolute Gasteiger partial charge is 0.363 e. The topological polar surface area (TPSA) is 21.1 Å². The fraction of sp³-hybridized carbons (Fsp3) is 0.240. The number of anilines is 1. The molecular weight excluding hydrogens is 456 g/mol. The number of halogens is 6. The molecule has 0 unspecified atom stereocenters. The number of benzene rings is 3. The zero-order valence-electron chi connectivity index (χ0n) is 18.4. The molecular formula is C25H21F6N3. The van der Waals surface area contributed by atoms with E-state index in [1.807, 2.05) is 37.1 Å². The summed E-state index contributed by atoms with van der Waals surface area (Å²) < 4.78 is 79.4. The molecule has 0 atom stereocenters. The molecule has 0 saturated carbocycles. The highest BCUT2D eigenvalue weighted by molar-refractivity contribution is 5.85. The maximum atomic E-state index is 12.9. The summed E-state index contributed by atoms with van der Waals surface area (Å²) in [6.07, 6.45) is -8.86. The minimum absolute atomic E-state index is 0.268. The van der Waals surface area contributed by atoms with Crippen molar-refractivity contribution in [3.8, 4) is 0 Å². The molecule has 0 fully saturated rings. The second-order valence-electron chi connectivity index (χ2n) is 8.16. The summed E-state index contributed by atoms with van der Waals surface area (Å²) in [6.45, 7) is 2.41. The van der Waals surface area contributed by atoms with Gasteiger partial charge >= 0.3 is 12.4 Å². The largest absolute Gasteiger partial charge is 0.416 e. The molecule has 4 rings (SSSR count). The highest BCUT2D eigenvalue weighted by Gasteiger charge is 2.31. The number of hydrogen-bond acceptors (Lipinski definition) is 2. The highest BCUT2D eigenvalue weighted by atomic mass is 19.4. The number of rotatable bonds is 5. The first-order valence-electron chi connectivity index (χ1n) is 10.4.